The summed E-state index contributed by atoms with van der Waals surface area (Å²) in [5, 5.41) is 6.79. The lowest BCUT2D eigenvalue weighted by molar-refractivity contribution is -0.0127. The van der Waals surface area contributed by atoms with Crippen LogP contribution in [0, 0.1) is 17.8 Å². The highest BCUT2D eigenvalue weighted by molar-refractivity contribution is 6.33. The first kappa shape index (κ1) is 20.4. The van der Waals surface area contributed by atoms with E-state index in [0.717, 1.165) is 75.6 Å². The van der Waals surface area contributed by atoms with Gasteiger partial charge in [-0.25, -0.2) is 4.79 Å². The monoisotopic (exact) mass is 433 g/mol. The van der Waals surface area contributed by atoms with E-state index in [2.05, 4.69) is 15.5 Å². The first-order valence-electron chi connectivity index (χ1n) is 11.4. The average Bonchev–Trinajstić information content (AvgIpc) is 2.69. The molecular formula is C23H32ClN3O3. The summed E-state index contributed by atoms with van der Waals surface area (Å²) >= 11 is 6.43. The summed E-state index contributed by atoms with van der Waals surface area (Å²) in [7, 11) is 0. The van der Waals surface area contributed by atoms with Crippen molar-refractivity contribution in [2.45, 2.75) is 44.1 Å². The highest BCUT2D eigenvalue weighted by Gasteiger charge is 2.51. The molecule has 4 saturated carbocycles. The van der Waals surface area contributed by atoms with Gasteiger partial charge in [-0.05, 0) is 68.4 Å². The molecule has 1 heterocycles. The van der Waals surface area contributed by atoms with Crippen LogP contribution in [0.3, 0.4) is 0 Å². The van der Waals surface area contributed by atoms with E-state index in [-0.39, 0.29) is 11.6 Å². The third-order valence-corrected chi connectivity index (χ3v) is 7.70. The number of nitrogens with one attached hydrogen (secondary N) is 2. The lowest BCUT2D eigenvalue weighted by Crippen LogP contribution is -2.60. The molecule has 30 heavy (non-hydrogen) atoms. The first-order chi connectivity index (χ1) is 14.6. The van der Waals surface area contributed by atoms with Crippen LogP contribution in [0.25, 0.3) is 0 Å². The second-order valence-electron chi connectivity index (χ2n) is 9.72. The van der Waals surface area contributed by atoms with Gasteiger partial charge in [0.1, 0.15) is 12.4 Å². The number of carbonyl (C=O) groups is 1. The standard InChI is InChI=1S/C23H32ClN3O3/c24-20-12-19(30-8-5-27-3-6-29-7-4-27)1-2-21(20)25-22(28)26-23-13-16-9-17(14-23)11-18(10-16)15-23/h1-2,12,16-18H,3-11,13-15H2,(H2,25,26,28). The molecule has 0 spiro atoms. The number of morpholine rings is 1. The van der Waals surface area contributed by atoms with Gasteiger partial charge in [0.25, 0.3) is 0 Å². The van der Waals surface area contributed by atoms with E-state index in [0.29, 0.717) is 17.3 Å². The van der Waals surface area contributed by atoms with Crippen LogP contribution in [0.15, 0.2) is 18.2 Å². The number of halogens is 1. The van der Waals surface area contributed by atoms with Crippen molar-refractivity contribution in [3.05, 3.63) is 23.2 Å². The van der Waals surface area contributed by atoms with Gasteiger partial charge in [0.15, 0.2) is 0 Å². The second-order valence-corrected chi connectivity index (χ2v) is 10.1. The Kier molecular flexibility index (Phi) is 5.82. The van der Waals surface area contributed by atoms with Gasteiger partial charge >= 0.3 is 6.03 Å². The fourth-order valence-corrected chi connectivity index (χ4v) is 6.68. The van der Waals surface area contributed by atoms with Crippen molar-refractivity contribution in [2.24, 2.45) is 17.8 Å². The van der Waals surface area contributed by atoms with Gasteiger partial charge in [0, 0.05) is 31.2 Å². The number of rotatable bonds is 6. The number of carbonyl (C=O) groups excluding carboxylic acids is 1. The first-order valence-corrected chi connectivity index (χ1v) is 11.8. The summed E-state index contributed by atoms with van der Waals surface area (Å²) in [5.74, 6) is 3.12. The highest BCUT2D eigenvalue weighted by atomic mass is 35.5. The van der Waals surface area contributed by atoms with Crippen molar-refractivity contribution in [3.63, 3.8) is 0 Å². The Hall–Kier alpha value is -1.50. The molecule has 1 aromatic rings. The molecule has 0 atom stereocenters. The fraction of sp³-hybridized carbons (Fsp3) is 0.696. The Morgan fingerprint density at radius 1 is 1.13 bits per heavy atom. The van der Waals surface area contributed by atoms with Crippen molar-refractivity contribution in [2.75, 3.05) is 44.8 Å². The highest BCUT2D eigenvalue weighted by Crippen LogP contribution is 2.55. The minimum Gasteiger partial charge on any atom is -0.492 e. The number of amides is 2. The van der Waals surface area contributed by atoms with Crippen molar-refractivity contribution >= 4 is 23.3 Å². The molecule has 7 heteroatoms. The van der Waals surface area contributed by atoms with Gasteiger partial charge in [0.2, 0.25) is 0 Å². The molecule has 2 N–H and O–H groups in total. The third kappa shape index (κ3) is 4.56. The van der Waals surface area contributed by atoms with Crippen LogP contribution in [0.4, 0.5) is 10.5 Å². The lowest BCUT2D eigenvalue weighted by Gasteiger charge is -2.56. The molecule has 164 valence electrons. The van der Waals surface area contributed by atoms with Crippen LogP contribution in [0.5, 0.6) is 5.75 Å². The van der Waals surface area contributed by atoms with E-state index in [1.165, 1.54) is 19.3 Å². The predicted molar refractivity (Wildman–Crippen MR) is 117 cm³/mol. The summed E-state index contributed by atoms with van der Waals surface area (Å²) in [4.78, 5) is 15.1. The van der Waals surface area contributed by atoms with Gasteiger partial charge in [0.05, 0.1) is 23.9 Å². The molecule has 6 nitrogen and oxygen atoms in total. The predicted octanol–water partition coefficient (Wildman–Crippen LogP) is 4.14. The summed E-state index contributed by atoms with van der Waals surface area (Å²) in [6, 6.07) is 5.33. The number of urea groups is 1. The molecule has 6 rings (SSSR count). The SMILES string of the molecule is O=C(Nc1ccc(OCCN2CCOCC2)cc1Cl)NC12CC3CC(CC(C3)C1)C2. The maximum atomic E-state index is 12.8. The third-order valence-electron chi connectivity index (χ3n) is 7.39. The van der Waals surface area contributed by atoms with Crippen molar-refractivity contribution in [3.8, 4) is 5.75 Å². The number of nitrogens with zero attached hydrogens (tertiary/aromatic N) is 1. The van der Waals surface area contributed by atoms with E-state index >= 15 is 0 Å². The molecule has 4 bridgehead atoms. The molecule has 5 fully saturated rings. The van der Waals surface area contributed by atoms with Crippen LogP contribution < -0.4 is 15.4 Å². The topological polar surface area (TPSA) is 62.8 Å². The lowest BCUT2D eigenvalue weighted by atomic mass is 9.53. The van der Waals surface area contributed by atoms with E-state index in [1.54, 1.807) is 6.07 Å². The number of hydrogen-bond acceptors (Lipinski definition) is 4. The number of benzene rings is 1. The molecule has 4 aliphatic carbocycles. The molecule has 2 amide bonds. The Morgan fingerprint density at radius 3 is 2.43 bits per heavy atom. The van der Waals surface area contributed by atoms with Crippen LogP contribution in [-0.4, -0.2) is 55.9 Å². The van der Waals surface area contributed by atoms with Gasteiger partial charge in [-0.3, -0.25) is 4.90 Å². The number of ether oxygens (including phenoxy) is 2. The summed E-state index contributed by atoms with van der Waals surface area (Å²) in [6.07, 6.45) is 7.49. The van der Waals surface area contributed by atoms with Crippen molar-refractivity contribution in [1.29, 1.82) is 0 Å². The zero-order valence-electron chi connectivity index (χ0n) is 17.5. The van der Waals surface area contributed by atoms with Crippen LogP contribution in [0.2, 0.25) is 5.02 Å². The van der Waals surface area contributed by atoms with E-state index in [1.807, 2.05) is 12.1 Å². The average molecular weight is 434 g/mol. The minimum absolute atomic E-state index is 0.00610. The van der Waals surface area contributed by atoms with Crippen LogP contribution in [-0.2, 0) is 4.74 Å². The normalized spacial score (nSPS) is 32.8. The fourth-order valence-electron chi connectivity index (χ4n) is 6.46. The Bertz CT molecular complexity index is 746. The van der Waals surface area contributed by atoms with Gasteiger partial charge in [-0.15, -0.1) is 0 Å². The van der Waals surface area contributed by atoms with E-state index in [9.17, 15) is 4.79 Å². The second kappa shape index (κ2) is 8.56. The van der Waals surface area contributed by atoms with Crippen molar-refractivity contribution < 1.29 is 14.3 Å². The number of anilines is 1. The Morgan fingerprint density at radius 2 is 1.80 bits per heavy atom. The molecule has 1 aliphatic heterocycles. The summed E-state index contributed by atoms with van der Waals surface area (Å²) in [6.45, 7) is 4.96. The smallest absolute Gasteiger partial charge is 0.319 e. The Balaban J connectivity index is 1.13. The zero-order chi connectivity index (χ0) is 20.6. The minimum atomic E-state index is -0.139. The molecule has 0 radical (unpaired) electrons. The van der Waals surface area contributed by atoms with Crippen LogP contribution in [0.1, 0.15) is 38.5 Å². The van der Waals surface area contributed by atoms with E-state index in [4.69, 9.17) is 21.1 Å². The van der Waals surface area contributed by atoms with Crippen molar-refractivity contribution in [1.82, 2.24) is 10.2 Å². The Labute approximate surface area is 183 Å². The largest absolute Gasteiger partial charge is 0.492 e. The van der Waals surface area contributed by atoms with Gasteiger partial charge in [-0.1, -0.05) is 11.6 Å². The molecular weight excluding hydrogens is 402 g/mol. The molecule has 1 saturated heterocycles. The summed E-state index contributed by atoms with van der Waals surface area (Å²) in [5.41, 5.74) is 0.618. The molecule has 0 unspecified atom stereocenters. The molecule has 0 aromatic heterocycles. The van der Waals surface area contributed by atoms with Gasteiger partial charge in [-0.2, -0.15) is 0 Å². The number of hydrogen-bond donors (Lipinski definition) is 2. The molecule has 1 aromatic carbocycles. The zero-order valence-corrected chi connectivity index (χ0v) is 18.3. The maximum absolute atomic E-state index is 12.8. The van der Waals surface area contributed by atoms with Gasteiger partial charge < -0.3 is 20.1 Å². The summed E-state index contributed by atoms with van der Waals surface area (Å²) < 4.78 is 11.2. The van der Waals surface area contributed by atoms with Crippen LogP contribution >= 0.6 is 11.6 Å². The molecule has 5 aliphatic rings. The van der Waals surface area contributed by atoms with E-state index < -0.39 is 0 Å². The maximum Gasteiger partial charge on any atom is 0.319 e. The quantitative estimate of drug-likeness (QED) is 0.707.